The molecule has 6 heteroatoms. The number of amides is 1. The van der Waals surface area contributed by atoms with Gasteiger partial charge in [0.15, 0.2) is 6.61 Å². The van der Waals surface area contributed by atoms with Gasteiger partial charge in [-0.05, 0) is 43.3 Å². The fourth-order valence-electron chi connectivity index (χ4n) is 2.78. The van der Waals surface area contributed by atoms with Gasteiger partial charge in [0.1, 0.15) is 17.2 Å². The van der Waals surface area contributed by atoms with Crippen molar-refractivity contribution in [3.8, 4) is 17.2 Å². The Morgan fingerprint density at radius 3 is 2.33 bits per heavy atom. The Balaban J connectivity index is 2.11. The molecule has 0 saturated carbocycles. The van der Waals surface area contributed by atoms with Crippen molar-refractivity contribution in [2.75, 3.05) is 34.4 Å². The Hall–Kier alpha value is -2.73. The third-order valence-corrected chi connectivity index (χ3v) is 4.20. The van der Waals surface area contributed by atoms with E-state index in [0.717, 1.165) is 29.0 Å². The minimum Gasteiger partial charge on any atom is -0.497 e. The largest absolute Gasteiger partial charge is 0.497 e. The zero-order valence-electron chi connectivity index (χ0n) is 16.4. The molecule has 2 aromatic rings. The number of nitrogens with one attached hydrogen (secondary N) is 2. The summed E-state index contributed by atoms with van der Waals surface area (Å²) in [5.41, 5.74) is 2.07. The molecule has 0 aliphatic heterocycles. The molecule has 0 fully saturated rings. The molecule has 146 valence electrons. The highest BCUT2D eigenvalue weighted by molar-refractivity contribution is 5.77. The highest BCUT2D eigenvalue weighted by atomic mass is 16.5. The molecule has 1 atom stereocenters. The lowest BCUT2D eigenvalue weighted by Crippen LogP contribution is -2.29. The fraction of sp³-hybridized carbons (Fsp3) is 0.381. The van der Waals surface area contributed by atoms with E-state index in [1.165, 1.54) is 0 Å². The number of hydrogen-bond donors (Lipinski definition) is 2. The summed E-state index contributed by atoms with van der Waals surface area (Å²) in [6, 6.07) is 13.4. The number of ether oxygens (including phenoxy) is 3. The first-order valence-corrected chi connectivity index (χ1v) is 9.01. The number of rotatable bonds is 10. The van der Waals surface area contributed by atoms with Gasteiger partial charge < -0.3 is 24.8 Å². The van der Waals surface area contributed by atoms with Gasteiger partial charge >= 0.3 is 0 Å². The Labute approximate surface area is 160 Å². The summed E-state index contributed by atoms with van der Waals surface area (Å²) in [5.74, 6) is 2.04. The van der Waals surface area contributed by atoms with Crippen molar-refractivity contribution in [3.63, 3.8) is 0 Å². The maximum Gasteiger partial charge on any atom is 0.257 e. The molecule has 0 aliphatic rings. The normalized spacial score (nSPS) is 11.6. The zero-order valence-corrected chi connectivity index (χ0v) is 16.4. The number of carbonyl (C=O) groups excluding carboxylic acids is 1. The molecule has 1 amide bonds. The van der Waals surface area contributed by atoms with Crippen molar-refractivity contribution in [2.24, 2.45) is 0 Å². The summed E-state index contributed by atoms with van der Waals surface area (Å²) in [6.45, 7) is 2.69. The van der Waals surface area contributed by atoms with Crippen LogP contribution in [-0.2, 0) is 4.79 Å². The van der Waals surface area contributed by atoms with Crippen LogP contribution >= 0.6 is 0 Å². The molecular weight excluding hydrogens is 344 g/mol. The molecule has 2 aromatic carbocycles. The van der Waals surface area contributed by atoms with E-state index in [-0.39, 0.29) is 18.6 Å². The van der Waals surface area contributed by atoms with Crippen LogP contribution < -0.4 is 24.8 Å². The second-order valence-corrected chi connectivity index (χ2v) is 6.04. The molecule has 2 N–H and O–H groups in total. The lowest BCUT2D eigenvalue weighted by Gasteiger charge is -2.20. The first-order valence-electron chi connectivity index (χ1n) is 9.01. The summed E-state index contributed by atoms with van der Waals surface area (Å²) < 4.78 is 16.3. The van der Waals surface area contributed by atoms with Crippen molar-refractivity contribution in [1.82, 2.24) is 10.6 Å². The predicted molar refractivity (Wildman–Crippen MR) is 106 cm³/mol. The molecule has 0 aromatic heterocycles. The van der Waals surface area contributed by atoms with Crippen LogP contribution in [0, 0.1) is 0 Å². The minimum absolute atomic E-state index is 0.0150. The van der Waals surface area contributed by atoms with Crippen molar-refractivity contribution in [2.45, 2.75) is 19.4 Å². The van der Waals surface area contributed by atoms with E-state index in [0.29, 0.717) is 12.3 Å². The third kappa shape index (κ3) is 5.62. The van der Waals surface area contributed by atoms with Crippen LogP contribution in [0.2, 0.25) is 0 Å². The van der Waals surface area contributed by atoms with Gasteiger partial charge in [-0.2, -0.15) is 0 Å². The topological polar surface area (TPSA) is 68.8 Å². The minimum atomic E-state index is -0.114. The van der Waals surface area contributed by atoms with Crippen LogP contribution in [0.25, 0.3) is 0 Å². The zero-order chi connectivity index (χ0) is 19.6. The molecule has 27 heavy (non-hydrogen) atoms. The van der Waals surface area contributed by atoms with E-state index in [1.807, 2.05) is 56.4 Å². The van der Waals surface area contributed by atoms with Gasteiger partial charge in [-0.15, -0.1) is 0 Å². The lowest BCUT2D eigenvalue weighted by atomic mass is 9.97. The molecule has 1 unspecified atom stereocenters. The van der Waals surface area contributed by atoms with Gasteiger partial charge in [-0.25, -0.2) is 0 Å². The Kier molecular flexibility index (Phi) is 7.95. The number of benzene rings is 2. The molecule has 0 heterocycles. The van der Waals surface area contributed by atoms with Crippen molar-refractivity contribution < 1.29 is 19.0 Å². The quantitative estimate of drug-likeness (QED) is 0.671. The van der Waals surface area contributed by atoms with Crippen LogP contribution in [0.15, 0.2) is 42.5 Å². The molecule has 0 saturated heterocycles. The highest BCUT2D eigenvalue weighted by Crippen LogP contribution is 2.33. The first-order chi connectivity index (χ1) is 13.1. The van der Waals surface area contributed by atoms with Gasteiger partial charge in [0, 0.05) is 18.2 Å². The molecule has 2 rings (SSSR count). The summed E-state index contributed by atoms with van der Waals surface area (Å²) in [6.07, 6.45) is 0.903. The van der Waals surface area contributed by atoms with E-state index >= 15 is 0 Å². The van der Waals surface area contributed by atoms with Crippen LogP contribution in [0.3, 0.4) is 0 Å². The summed E-state index contributed by atoms with van der Waals surface area (Å²) in [7, 11) is 5.17. The van der Waals surface area contributed by atoms with Gasteiger partial charge in [0.25, 0.3) is 5.91 Å². The van der Waals surface area contributed by atoms with Crippen LogP contribution in [0.1, 0.15) is 30.5 Å². The number of methoxy groups -OCH3 is 2. The Morgan fingerprint density at radius 2 is 1.74 bits per heavy atom. The van der Waals surface area contributed by atoms with E-state index in [2.05, 4.69) is 10.6 Å². The van der Waals surface area contributed by atoms with E-state index < -0.39 is 0 Å². The van der Waals surface area contributed by atoms with Crippen molar-refractivity contribution >= 4 is 5.91 Å². The lowest BCUT2D eigenvalue weighted by molar-refractivity contribution is -0.123. The second kappa shape index (κ2) is 10.4. The molecule has 6 nitrogen and oxygen atoms in total. The highest BCUT2D eigenvalue weighted by Gasteiger charge is 2.17. The van der Waals surface area contributed by atoms with E-state index in [9.17, 15) is 4.79 Å². The molecule has 0 radical (unpaired) electrons. The smallest absolute Gasteiger partial charge is 0.257 e. The predicted octanol–water partition coefficient (Wildman–Crippen LogP) is 2.92. The molecule has 0 bridgehead atoms. The van der Waals surface area contributed by atoms with Crippen LogP contribution in [-0.4, -0.2) is 40.3 Å². The maximum atomic E-state index is 11.6. The van der Waals surface area contributed by atoms with Crippen molar-refractivity contribution in [3.05, 3.63) is 53.6 Å². The second-order valence-electron chi connectivity index (χ2n) is 6.04. The van der Waals surface area contributed by atoms with Crippen molar-refractivity contribution in [1.29, 1.82) is 0 Å². The van der Waals surface area contributed by atoms with Gasteiger partial charge in [-0.3, -0.25) is 4.79 Å². The average Bonchev–Trinajstić information content (AvgIpc) is 2.72. The van der Waals surface area contributed by atoms with E-state index in [1.54, 1.807) is 14.2 Å². The summed E-state index contributed by atoms with van der Waals surface area (Å²) in [4.78, 5) is 11.6. The Bertz CT molecular complexity index is 731. The average molecular weight is 372 g/mol. The third-order valence-electron chi connectivity index (χ3n) is 4.20. The van der Waals surface area contributed by atoms with E-state index in [4.69, 9.17) is 14.2 Å². The Morgan fingerprint density at radius 1 is 1.04 bits per heavy atom. The monoisotopic (exact) mass is 372 g/mol. The molecule has 0 spiro atoms. The number of hydrogen-bond acceptors (Lipinski definition) is 5. The molecule has 0 aliphatic carbocycles. The fourth-order valence-corrected chi connectivity index (χ4v) is 2.78. The maximum absolute atomic E-state index is 11.6. The SMILES string of the molecule is CCCNC(=O)COc1ccc(C(NC)c2ccc(OC)cc2OC)cc1. The molecular formula is C21H28N2O4. The summed E-state index contributed by atoms with van der Waals surface area (Å²) in [5, 5.41) is 6.10. The number of carbonyl (C=O) groups is 1. The summed E-state index contributed by atoms with van der Waals surface area (Å²) >= 11 is 0. The van der Waals surface area contributed by atoms with Gasteiger partial charge in [0.2, 0.25) is 0 Å². The van der Waals surface area contributed by atoms with Crippen LogP contribution in [0.5, 0.6) is 17.2 Å². The standard InChI is InChI=1S/C21H28N2O4/c1-5-12-23-20(24)14-27-16-8-6-15(7-9-16)21(22-2)18-11-10-17(25-3)13-19(18)26-4/h6-11,13,21-22H,5,12,14H2,1-4H3,(H,23,24). The van der Waals surface area contributed by atoms with Gasteiger partial charge in [-0.1, -0.05) is 19.1 Å². The van der Waals surface area contributed by atoms with Gasteiger partial charge in [0.05, 0.1) is 20.3 Å². The van der Waals surface area contributed by atoms with Crippen LogP contribution in [0.4, 0.5) is 0 Å². The first kappa shape index (κ1) is 20.6.